The number of ether oxygens (including phenoxy) is 1. The summed E-state index contributed by atoms with van der Waals surface area (Å²) in [5.41, 5.74) is 0.299. The molecule has 1 heterocycles. The van der Waals surface area contributed by atoms with Gasteiger partial charge in [-0.15, -0.1) is 0 Å². The molecule has 0 aliphatic carbocycles. The maximum absolute atomic E-state index is 12.1. The summed E-state index contributed by atoms with van der Waals surface area (Å²) in [4.78, 5) is 46.4. The number of nitrogens with zero attached hydrogens (tertiary/aromatic N) is 1. The molecule has 0 aliphatic heterocycles. The van der Waals surface area contributed by atoms with Crippen molar-refractivity contribution in [2.75, 3.05) is 11.9 Å². The van der Waals surface area contributed by atoms with Gasteiger partial charge in [0.15, 0.2) is 12.0 Å². The number of esters is 1. The molecule has 0 atom stereocenters. The van der Waals surface area contributed by atoms with Crippen LogP contribution in [0.25, 0.3) is 11.0 Å². The predicted octanol–water partition coefficient (Wildman–Crippen LogP) is 2.81. The van der Waals surface area contributed by atoms with Crippen molar-refractivity contribution in [1.29, 1.82) is 0 Å². The highest BCUT2D eigenvalue weighted by atomic mass is 16.6. The van der Waals surface area contributed by atoms with E-state index in [9.17, 15) is 24.5 Å². The van der Waals surface area contributed by atoms with E-state index in [1.807, 2.05) is 0 Å². The fourth-order valence-corrected chi connectivity index (χ4v) is 2.49. The number of nitro benzene ring substituents is 1. The number of hydrogen-bond acceptors (Lipinski definition) is 7. The van der Waals surface area contributed by atoms with Crippen molar-refractivity contribution in [1.82, 2.24) is 0 Å². The van der Waals surface area contributed by atoms with Crippen molar-refractivity contribution in [2.45, 2.75) is 6.92 Å². The molecule has 9 heteroatoms. The highest BCUT2D eigenvalue weighted by molar-refractivity contribution is 5.95. The van der Waals surface area contributed by atoms with Crippen LogP contribution in [0.4, 0.5) is 11.4 Å². The van der Waals surface area contributed by atoms with Gasteiger partial charge in [-0.05, 0) is 25.1 Å². The van der Waals surface area contributed by atoms with Gasteiger partial charge in [0.25, 0.3) is 11.6 Å². The fourth-order valence-electron chi connectivity index (χ4n) is 2.49. The molecule has 0 radical (unpaired) electrons. The smallest absolute Gasteiger partial charge is 0.374 e. The molecule has 3 rings (SSSR count). The molecule has 1 N–H and O–H groups in total. The Morgan fingerprint density at radius 3 is 2.68 bits per heavy atom. The second-order valence-electron chi connectivity index (χ2n) is 5.85. The maximum Gasteiger partial charge on any atom is 0.374 e. The van der Waals surface area contributed by atoms with Gasteiger partial charge >= 0.3 is 5.97 Å². The molecule has 1 aromatic heterocycles. The number of para-hydroxylation sites is 1. The molecule has 1 amide bonds. The van der Waals surface area contributed by atoms with Gasteiger partial charge in [0.1, 0.15) is 5.58 Å². The number of fused-ring (bicyclic) bond motifs is 1. The molecule has 0 unspecified atom stereocenters. The summed E-state index contributed by atoms with van der Waals surface area (Å²) < 4.78 is 10.2. The van der Waals surface area contributed by atoms with E-state index in [1.54, 1.807) is 25.1 Å². The lowest BCUT2D eigenvalue weighted by atomic mass is 10.2. The summed E-state index contributed by atoms with van der Waals surface area (Å²) in [6.45, 7) is 0.917. The Morgan fingerprint density at radius 1 is 1.18 bits per heavy atom. The number of nitrogens with one attached hydrogen (secondary N) is 1. The zero-order chi connectivity index (χ0) is 20.3. The van der Waals surface area contributed by atoms with Gasteiger partial charge in [0, 0.05) is 23.4 Å². The number of nitro groups is 1. The molecule has 0 saturated heterocycles. The average Bonchev–Trinajstić information content (AvgIpc) is 2.67. The van der Waals surface area contributed by atoms with Gasteiger partial charge in [0.2, 0.25) is 5.76 Å². The van der Waals surface area contributed by atoms with Crippen LogP contribution in [0.5, 0.6) is 0 Å². The van der Waals surface area contributed by atoms with Crippen LogP contribution in [0.1, 0.15) is 16.1 Å². The molecule has 9 nitrogen and oxygen atoms in total. The van der Waals surface area contributed by atoms with E-state index >= 15 is 0 Å². The molecule has 0 bridgehead atoms. The Balaban J connectivity index is 1.66. The van der Waals surface area contributed by atoms with Crippen LogP contribution in [0, 0.1) is 17.0 Å². The highest BCUT2D eigenvalue weighted by Crippen LogP contribution is 2.22. The standard InChI is InChI=1S/C19H14N2O7/c1-11-6-7-12(8-14(11)21(25)26)20-18(23)10-27-19(24)17-9-15(22)13-4-2-3-5-16(13)28-17/h2-9H,10H2,1H3,(H,20,23). The first-order valence-corrected chi connectivity index (χ1v) is 8.10. The van der Waals surface area contributed by atoms with Gasteiger partial charge in [-0.2, -0.15) is 0 Å². The number of hydrogen-bond donors (Lipinski definition) is 1. The first kappa shape index (κ1) is 18.8. The zero-order valence-corrected chi connectivity index (χ0v) is 14.6. The van der Waals surface area contributed by atoms with Crippen molar-refractivity contribution >= 4 is 34.2 Å². The molecule has 3 aromatic rings. The maximum atomic E-state index is 12.1. The number of amides is 1. The molecule has 28 heavy (non-hydrogen) atoms. The van der Waals surface area contributed by atoms with E-state index in [0.717, 1.165) is 6.07 Å². The summed E-state index contributed by atoms with van der Waals surface area (Å²) in [6.07, 6.45) is 0. The molecular weight excluding hydrogens is 368 g/mol. The molecule has 0 fully saturated rings. The second kappa shape index (κ2) is 7.70. The minimum atomic E-state index is -0.979. The SMILES string of the molecule is Cc1ccc(NC(=O)COC(=O)c2cc(=O)c3ccccc3o2)cc1[N+](=O)[O-]. The van der Waals surface area contributed by atoms with Crippen LogP contribution in [-0.2, 0) is 9.53 Å². The van der Waals surface area contributed by atoms with Crippen LogP contribution in [0.2, 0.25) is 0 Å². The van der Waals surface area contributed by atoms with Gasteiger partial charge in [-0.3, -0.25) is 19.7 Å². The molecule has 0 saturated carbocycles. The van der Waals surface area contributed by atoms with Crippen LogP contribution in [0.3, 0.4) is 0 Å². The Kier molecular flexibility index (Phi) is 5.16. The summed E-state index contributed by atoms with van der Waals surface area (Å²) in [5.74, 6) is -2.01. The van der Waals surface area contributed by atoms with Crippen LogP contribution >= 0.6 is 0 Å². The Bertz CT molecular complexity index is 1150. The largest absolute Gasteiger partial charge is 0.450 e. The molecule has 2 aromatic carbocycles. The van der Waals surface area contributed by atoms with Crippen LogP contribution < -0.4 is 10.7 Å². The van der Waals surface area contributed by atoms with Crippen molar-refractivity contribution in [2.24, 2.45) is 0 Å². The Hall–Kier alpha value is -4.01. The Morgan fingerprint density at radius 2 is 1.93 bits per heavy atom. The first-order valence-electron chi connectivity index (χ1n) is 8.10. The summed E-state index contributed by atoms with van der Waals surface area (Å²) >= 11 is 0. The number of carbonyl (C=O) groups excluding carboxylic acids is 2. The summed E-state index contributed by atoms with van der Waals surface area (Å²) in [7, 11) is 0. The monoisotopic (exact) mass is 382 g/mol. The van der Waals surface area contributed by atoms with Crippen LogP contribution in [-0.4, -0.2) is 23.4 Å². The normalized spacial score (nSPS) is 10.5. The summed E-state index contributed by atoms with van der Waals surface area (Å²) in [6, 6.07) is 11.6. The average molecular weight is 382 g/mol. The zero-order valence-electron chi connectivity index (χ0n) is 14.6. The third kappa shape index (κ3) is 4.04. The van der Waals surface area contributed by atoms with Gasteiger partial charge in [-0.25, -0.2) is 4.79 Å². The topological polar surface area (TPSA) is 129 Å². The van der Waals surface area contributed by atoms with E-state index in [2.05, 4.69) is 5.32 Å². The fraction of sp³-hybridized carbons (Fsp3) is 0.105. The third-order valence-electron chi connectivity index (χ3n) is 3.86. The molecular formula is C19H14N2O7. The quantitative estimate of drug-likeness (QED) is 0.408. The molecule has 0 aliphatic rings. The van der Waals surface area contributed by atoms with Gasteiger partial charge in [-0.1, -0.05) is 18.2 Å². The predicted molar refractivity (Wildman–Crippen MR) is 99.2 cm³/mol. The first-order chi connectivity index (χ1) is 13.3. The third-order valence-corrected chi connectivity index (χ3v) is 3.86. The highest BCUT2D eigenvalue weighted by Gasteiger charge is 2.16. The number of rotatable bonds is 5. The van der Waals surface area contributed by atoms with E-state index in [-0.39, 0.29) is 22.7 Å². The number of carbonyl (C=O) groups is 2. The van der Waals surface area contributed by atoms with E-state index in [4.69, 9.17) is 9.15 Å². The van der Waals surface area contributed by atoms with Crippen molar-refractivity contribution in [3.63, 3.8) is 0 Å². The van der Waals surface area contributed by atoms with Gasteiger partial charge in [0.05, 0.1) is 10.3 Å². The Labute approximate surface area is 157 Å². The van der Waals surface area contributed by atoms with E-state index in [0.29, 0.717) is 10.9 Å². The van der Waals surface area contributed by atoms with Crippen LogP contribution in [0.15, 0.2) is 57.7 Å². The van der Waals surface area contributed by atoms with Crippen molar-refractivity contribution < 1.29 is 23.7 Å². The minimum Gasteiger partial charge on any atom is -0.450 e. The van der Waals surface area contributed by atoms with Crippen molar-refractivity contribution in [3.8, 4) is 0 Å². The lowest BCUT2D eigenvalue weighted by molar-refractivity contribution is -0.385. The molecule has 142 valence electrons. The molecule has 0 spiro atoms. The number of benzene rings is 2. The minimum absolute atomic E-state index is 0.146. The van der Waals surface area contributed by atoms with Crippen molar-refractivity contribution in [3.05, 3.63) is 80.2 Å². The van der Waals surface area contributed by atoms with E-state index in [1.165, 1.54) is 24.3 Å². The summed E-state index contributed by atoms with van der Waals surface area (Å²) in [5, 5.41) is 13.7. The lowest BCUT2D eigenvalue weighted by Crippen LogP contribution is -2.21. The number of anilines is 1. The van der Waals surface area contributed by atoms with Gasteiger partial charge < -0.3 is 14.5 Å². The van der Waals surface area contributed by atoms with E-state index < -0.39 is 28.8 Å². The lowest BCUT2D eigenvalue weighted by Gasteiger charge is -2.07. The second-order valence-corrected chi connectivity index (χ2v) is 5.85. The number of aryl methyl sites for hydroxylation is 1.